The van der Waals surface area contributed by atoms with Gasteiger partial charge in [-0.3, -0.25) is 14.6 Å². The molecule has 3 aromatic rings. The van der Waals surface area contributed by atoms with E-state index in [9.17, 15) is 9.59 Å². The van der Waals surface area contributed by atoms with Gasteiger partial charge in [0, 0.05) is 34.6 Å². The average molecular weight is 481 g/mol. The summed E-state index contributed by atoms with van der Waals surface area (Å²) in [6.07, 6.45) is 2.27. The van der Waals surface area contributed by atoms with Crippen molar-refractivity contribution in [1.29, 1.82) is 0 Å². The molecule has 9 heteroatoms. The van der Waals surface area contributed by atoms with Crippen molar-refractivity contribution in [3.8, 4) is 17.1 Å². The van der Waals surface area contributed by atoms with Gasteiger partial charge in [0.1, 0.15) is 11.8 Å². The number of aliphatic imine (C=N–C) groups is 1. The lowest BCUT2D eigenvalue weighted by Gasteiger charge is -2.18. The van der Waals surface area contributed by atoms with Gasteiger partial charge in [0.15, 0.2) is 11.5 Å². The number of fused-ring (bicyclic) bond motifs is 3. The third-order valence-corrected chi connectivity index (χ3v) is 6.07. The molecule has 1 aliphatic carbocycles. The molecule has 4 rings (SSSR count). The largest absolute Gasteiger partial charge is 0.497 e. The number of anilines is 1. The van der Waals surface area contributed by atoms with Gasteiger partial charge < -0.3 is 19.9 Å². The molecule has 1 atom stereocenters. The Morgan fingerprint density at radius 3 is 2.76 bits per heavy atom. The van der Waals surface area contributed by atoms with Gasteiger partial charge >= 0.3 is 0 Å². The highest BCUT2D eigenvalue weighted by atomic mass is 35.5. The SMILES string of the molecule is CN=C(C)C(NC(=O)c1noc2c1CCCc1cc(OC)ccc1-2)C(=O)Nc1cccc(Cl)c1. The predicted octanol–water partition coefficient (Wildman–Crippen LogP) is 4.32. The molecule has 0 spiro atoms. The highest BCUT2D eigenvalue weighted by Gasteiger charge is 2.30. The van der Waals surface area contributed by atoms with Crippen LogP contribution in [0.25, 0.3) is 11.3 Å². The van der Waals surface area contributed by atoms with E-state index in [0.717, 1.165) is 35.3 Å². The molecule has 1 heterocycles. The summed E-state index contributed by atoms with van der Waals surface area (Å²) in [6.45, 7) is 1.68. The van der Waals surface area contributed by atoms with Crippen LogP contribution < -0.4 is 15.4 Å². The predicted molar refractivity (Wildman–Crippen MR) is 131 cm³/mol. The van der Waals surface area contributed by atoms with Crippen molar-refractivity contribution in [2.24, 2.45) is 4.99 Å². The first-order valence-corrected chi connectivity index (χ1v) is 11.3. The summed E-state index contributed by atoms with van der Waals surface area (Å²) in [6, 6.07) is 11.5. The van der Waals surface area contributed by atoms with E-state index >= 15 is 0 Å². The maximum atomic E-state index is 13.2. The summed E-state index contributed by atoms with van der Waals surface area (Å²) in [4.78, 5) is 30.3. The van der Waals surface area contributed by atoms with E-state index in [1.807, 2.05) is 18.2 Å². The van der Waals surface area contributed by atoms with Crippen LogP contribution in [0, 0.1) is 0 Å². The Morgan fingerprint density at radius 1 is 1.21 bits per heavy atom. The van der Waals surface area contributed by atoms with Crippen molar-refractivity contribution in [3.63, 3.8) is 0 Å². The van der Waals surface area contributed by atoms with Gasteiger partial charge in [0.2, 0.25) is 0 Å². The first-order chi connectivity index (χ1) is 16.4. The number of hydrogen-bond donors (Lipinski definition) is 2. The van der Waals surface area contributed by atoms with Gasteiger partial charge in [-0.25, -0.2) is 0 Å². The van der Waals surface area contributed by atoms with E-state index in [4.69, 9.17) is 20.9 Å². The molecule has 2 N–H and O–H groups in total. The summed E-state index contributed by atoms with van der Waals surface area (Å²) in [5.74, 6) is 0.394. The molecule has 8 nitrogen and oxygen atoms in total. The van der Waals surface area contributed by atoms with Crippen molar-refractivity contribution >= 4 is 34.8 Å². The van der Waals surface area contributed by atoms with E-state index in [0.29, 0.717) is 28.6 Å². The minimum Gasteiger partial charge on any atom is -0.497 e. The van der Waals surface area contributed by atoms with Crippen molar-refractivity contribution in [1.82, 2.24) is 10.5 Å². The van der Waals surface area contributed by atoms with Gasteiger partial charge in [-0.2, -0.15) is 0 Å². The van der Waals surface area contributed by atoms with Crippen LogP contribution in [0.5, 0.6) is 5.75 Å². The summed E-state index contributed by atoms with van der Waals surface area (Å²) in [5, 5.41) is 10.1. The van der Waals surface area contributed by atoms with Gasteiger partial charge in [0.25, 0.3) is 11.8 Å². The van der Waals surface area contributed by atoms with Crippen LogP contribution in [-0.4, -0.2) is 42.9 Å². The number of benzene rings is 2. The maximum absolute atomic E-state index is 13.2. The summed E-state index contributed by atoms with van der Waals surface area (Å²) in [7, 11) is 3.19. The molecule has 0 saturated carbocycles. The molecular weight excluding hydrogens is 456 g/mol. The minimum atomic E-state index is -0.994. The molecule has 0 saturated heterocycles. The second-order valence-electron chi connectivity index (χ2n) is 7.99. The number of carbonyl (C=O) groups is 2. The Labute approximate surface area is 202 Å². The number of halogens is 1. The number of methoxy groups -OCH3 is 1. The number of aryl methyl sites for hydroxylation is 1. The molecule has 1 aliphatic rings. The van der Waals surface area contributed by atoms with Crippen LogP contribution in [0.3, 0.4) is 0 Å². The standard InChI is InChI=1S/C25H25ClN4O4/c1-14(27-2)21(24(31)28-17-8-5-7-16(26)13-17)29-25(32)22-20-9-4-6-15-12-18(33-3)10-11-19(15)23(20)34-30-22/h5,7-8,10-13,21H,4,6,9H2,1-3H3,(H,28,31)(H,29,32). The molecule has 0 radical (unpaired) electrons. The first-order valence-electron chi connectivity index (χ1n) is 10.9. The third-order valence-electron chi connectivity index (χ3n) is 5.83. The second kappa shape index (κ2) is 10.1. The smallest absolute Gasteiger partial charge is 0.274 e. The van der Waals surface area contributed by atoms with E-state index in [1.165, 1.54) is 0 Å². The zero-order chi connectivity index (χ0) is 24.2. The van der Waals surface area contributed by atoms with Gasteiger partial charge in [-0.05, 0) is 68.1 Å². The normalized spacial score (nSPS) is 13.8. The summed E-state index contributed by atoms with van der Waals surface area (Å²) in [5.41, 5.74) is 3.82. The molecule has 176 valence electrons. The maximum Gasteiger partial charge on any atom is 0.274 e. The van der Waals surface area contributed by atoms with Crippen LogP contribution in [-0.2, 0) is 17.6 Å². The van der Waals surface area contributed by atoms with Crippen LogP contribution >= 0.6 is 11.6 Å². The Kier molecular flexibility index (Phi) is 6.98. The number of hydrogen-bond acceptors (Lipinski definition) is 6. The Balaban J connectivity index is 1.59. The monoisotopic (exact) mass is 480 g/mol. The van der Waals surface area contributed by atoms with Crippen molar-refractivity contribution in [3.05, 3.63) is 64.3 Å². The third kappa shape index (κ3) is 4.82. The molecule has 2 aromatic carbocycles. The minimum absolute atomic E-state index is 0.170. The Bertz CT molecular complexity index is 1270. The van der Waals surface area contributed by atoms with Crippen LogP contribution in [0.15, 0.2) is 52.0 Å². The molecule has 0 bridgehead atoms. The fraction of sp³-hybridized carbons (Fsp3) is 0.280. The topological polar surface area (TPSA) is 106 Å². The lowest BCUT2D eigenvalue weighted by Crippen LogP contribution is -2.48. The number of ether oxygens (including phenoxy) is 1. The first kappa shape index (κ1) is 23.5. The number of amides is 2. The molecule has 1 unspecified atom stereocenters. The summed E-state index contributed by atoms with van der Waals surface area (Å²) < 4.78 is 11.0. The fourth-order valence-electron chi connectivity index (χ4n) is 3.98. The highest BCUT2D eigenvalue weighted by molar-refractivity contribution is 6.31. The van der Waals surface area contributed by atoms with Crippen LogP contribution in [0.2, 0.25) is 5.02 Å². The van der Waals surface area contributed by atoms with E-state index < -0.39 is 17.9 Å². The van der Waals surface area contributed by atoms with Crippen molar-refractivity contribution in [2.75, 3.05) is 19.5 Å². The number of carbonyl (C=O) groups excluding carboxylic acids is 2. The number of nitrogens with zero attached hydrogens (tertiary/aromatic N) is 2. The van der Waals surface area contributed by atoms with Crippen molar-refractivity contribution in [2.45, 2.75) is 32.2 Å². The lowest BCUT2D eigenvalue weighted by atomic mass is 10.0. The highest BCUT2D eigenvalue weighted by Crippen LogP contribution is 2.36. The fourth-order valence-corrected chi connectivity index (χ4v) is 4.17. The zero-order valence-electron chi connectivity index (χ0n) is 19.1. The molecule has 1 aromatic heterocycles. The molecular formula is C25H25ClN4O4. The molecule has 0 aliphatic heterocycles. The van der Waals surface area contributed by atoms with Crippen LogP contribution in [0.4, 0.5) is 5.69 Å². The summed E-state index contributed by atoms with van der Waals surface area (Å²) >= 11 is 6.01. The number of aromatic nitrogens is 1. The quantitative estimate of drug-likeness (QED) is 0.511. The molecule has 34 heavy (non-hydrogen) atoms. The Morgan fingerprint density at radius 2 is 2.03 bits per heavy atom. The van der Waals surface area contributed by atoms with E-state index in [1.54, 1.807) is 45.3 Å². The lowest BCUT2D eigenvalue weighted by molar-refractivity contribution is -0.116. The van der Waals surface area contributed by atoms with Gasteiger partial charge in [-0.15, -0.1) is 0 Å². The second-order valence-corrected chi connectivity index (χ2v) is 8.42. The zero-order valence-corrected chi connectivity index (χ0v) is 19.9. The number of nitrogens with one attached hydrogen (secondary N) is 2. The van der Waals surface area contributed by atoms with E-state index in [2.05, 4.69) is 20.8 Å². The molecule has 0 fully saturated rings. The van der Waals surface area contributed by atoms with E-state index in [-0.39, 0.29) is 5.69 Å². The van der Waals surface area contributed by atoms with Crippen molar-refractivity contribution < 1.29 is 18.8 Å². The van der Waals surface area contributed by atoms with Gasteiger partial charge in [0.05, 0.1) is 7.11 Å². The van der Waals surface area contributed by atoms with Crippen LogP contribution in [0.1, 0.15) is 35.0 Å². The average Bonchev–Trinajstić information content (AvgIpc) is 3.17. The van der Waals surface area contributed by atoms with Gasteiger partial charge in [-0.1, -0.05) is 22.8 Å². The number of rotatable bonds is 6. The Hall–Kier alpha value is -3.65. The molecule has 2 amide bonds.